The van der Waals surface area contributed by atoms with Gasteiger partial charge >= 0.3 is 0 Å². The fourth-order valence-corrected chi connectivity index (χ4v) is 2.50. The van der Waals surface area contributed by atoms with Gasteiger partial charge in [-0.25, -0.2) is 13.8 Å². The Morgan fingerprint density at radius 3 is 2.52 bits per heavy atom. The van der Waals surface area contributed by atoms with Crippen LogP contribution in [0.15, 0.2) is 54.0 Å². The SMILES string of the molecule is O=C(Nc1c(F)cccc1F)c1cccc(Nc2nccs2)c1. The molecule has 2 N–H and O–H groups in total. The van der Waals surface area contributed by atoms with E-state index in [1.165, 1.54) is 17.4 Å². The zero-order valence-electron chi connectivity index (χ0n) is 11.7. The van der Waals surface area contributed by atoms with E-state index in [0.29, 0.717) is 10.8 Å². The number of benzene rings is 2. The first-order valence-corrected chi connectivity index (χ1v) is 7.53. The number of para-hydroxylation sites is 1. The van der Waals surface area contributed by atoms with E-state index in [-0.39, 0.29) is 5.56 Å². The van der Waals surface area contributed by atoms with E-state index in [2.05, 4.69) is 15.6 Å². The largest absolute Gasteiger partial charge is 0.332 e. The molecule has 0 saturated heterocycles. The van der Waals surface area contributed by atoms with Crippen LogP contribution in [0.25, 0.3) is 0 Å². The Balaban J connectivity index is 1.80. The molecule has 3 rings (SSSR count). The average molecular weight is 331 g/mol. The van der Waals surface area contributed by atoms with Crippen molar-refractivity contribution in [2.45, 2.75) is 0 Å². The molecule has 0 atom stereocenters. The van der Waals surface area contributed by atoms with Crippen LogP contribution in [0.2, 0.25) is 0 Å². The molecule has 0 aliphatic heterocycles. The molecule has 4 nitrogen and oxygen atoms in total. The van der Waals surface area contributed by atoms with Crippen molar-refractivity contribution in [2.24, 2.45) is 0 Å². The summed E-state index contributed by atoms with van der Waals surface area (Å²) >= 11 is 1.42. The van der Waals surface area contributed by atoms with Crippen LogP contribution in [-0.4, -0.2) is 10.9 Å². The van der Waals surface area contributed by atoms with Gasteiger partial charge in [-0.2, -0.15) is 0 Å². The van der Waals surface area contributed by atoms with Gasteiger partial charge in [-0.05, 0) is 30.3 Å². The third-order valence-corrected chi connectivity index (χ3v) is 3.70. The van der Waals surface area contributed by atoms with Gasteiger partial charge in [-0.15, -0.1) is 11.3 Å². The van der Waals surface area contributed by atoms with E-state index in [1.54, 1.807) is 30.5 Å². The van der Waals surface area contributed by atoms with Crippen molar-refractivity contribution in [3.05, 3.63) is 71.2 Å². The Kier molecular flexibility index (Phi) is 4.29. The monoisotopic (exact) mass is 331 g/mol. The number of nitrogens with one attached hydrogen (secondary N) is 2. The second-order valence-corrected chi connectivity index (χ2v) is 5.49. The fourth-order valence-electron chi connectivity index (χ4n) is 1.95. The molecule has 2 aromatic carbocycles. The van der Waals surface area contributed by atoms with Gasteiger partial charge in [-0.1, -0.05) is 12.1 Å². The standard InChI is InChI=1S/C16H11F2N3OS/c17-12-5-2-6-13(18)14(12)21-15(22)10-3-1-4-11(9-10)20-16-19-7-8-23-16/h1-9H,(H,19,20)(H,21,22). The highest BCUT2D eigenvalue weighted by atomic mass is 32.1. The maximum atomic E-state index is 13.6. The van der Waals surface area contributed by atoms with Crippen molar-refractivity contribution in [1.29, 1.82) is 0 Å². The lowest BCUT2D eigenvalue weighted by molar-refractivity contribution is 0.102. The van der Waals surface area contributed by atoms with Gasteiger partial charge in [0, 0.05) is 22.8 Å². The molecule has 0 spiro atoms. The lowest BCUT2D eigenvalue weighted by Gasteiger charge is -2.09. The van der Waals surface area contributed by atoms with Crippen molar-refractivity contribution in [2.75, 3.05) is 10.6 Å². The summed E-state index contributed by atoms with van der Waals surface area (Å²) < 4.78 is 27.2. The van der Waals surface area contributed by atoms with Crippen LogP contribution < -0.4 is 10.6 Å². The lowest BCUT2D eigenvalue weighted by atomic mass is 10.2. The number of rotatable bonds is 4. The number of anilines is 3. The predicted octanol–water partition coefficient (Wildman–Crippen LogP) is 4.42. The summed E-state index contributed by atoms with van der Waals surface area (Å²) in [6.07, 6.45) is 1.66. The van der Waals surface area contributed by atoms with E-state index in [9.17, 15) is 13.6 Å². The van der Waals surface area contributed by atoms with Gasteiger partial charge in [0.1, 0.15) is 17.3 Å². The Hall–Kier alpha value is -2.80. The Bertz CT molecular complexity index is 817. The van der Waals surface area contributed by atoms with Crippen LogP contribution in [0.3, 0.4) is 0 Å². The van der Waals surface area contributed by atoms with Crippen LogP contribution in [-0.2, 0) is 0 Å². The fraction of sp³-hybridized carbons (Fsp3) is 0. The molecule has 3 aromatic rings. The molecule has 0 aliphatic rings. The van der Waals surface area contributed by atoms with Crippen LogP contribution >= 0.6 is 11.3 Å². The second-order valence-electron chi connectivity index (χ2n) is 4.59. The lowest BCUT2D eigenvalue weighted by Crippen LogP contribution is -2.14. The number of nitrogens with zero attached hydrogens (tertiary/aromatic N) is 1. The maximum Gasteiger partial charge on any atom is 0.255 e. The predicted molar refractivity (Wildman–Crippen MR) is 86.1 cm³/mol. The second kappa shape index (κ2) is 6.53. The first kappa shape index (κ1) is 15.1. The topological polar surface area (TPSA) is 54.0 Å². The number of thiazole rings is 1. The highest BCUT2D eigenvalue weighted by molar-refractivity contribution is 7.13. The number of carbonyl (C=O) groups excluding carboxylic acids is 1. The van der Waals surface area contributed by atoms with Gasteiger partial charge in [0.15, 0.2) is 5.13 Å². The first-order valence-electron chi connectivity index (χ1n) is 6.65. The molecule has 0 unspecified atom stereocenters. The normalized spacial score (nSPS) is 10.3. The third-order valence-electron chi connectivity index (χ3n) is 3.01. The number of amides is 1. The van der Waals surface area contributed by atoms with Crippen LogP contribution in [0.4, 0.5) is 25.3 Å². The highest BCUT2D eigenvalue weighted by Gasteiger charge is 2.13. The van der Waals surface area contributed by atoms with Crippen molar-refractivity contribution >= 4 is 33.8 Å². The molecule has 0 bridgehead atoms. The maximum absolute atomic E-state index is 13.6. The first-order chi connectivity index (χ1) is 11.1. The molecule has 116 valence electrons. The Morgan fingerprint density at radius 1 is 1.09 bits per heavy atom. The van der Waals surface area contributed by atoms with Crippen molar-refractivity contribution in [3.63, 3.8) is 0 Å². The third kappa shape index (κ3) is 3.51. The highest BCUT2D eigenvalue weighted by Crippen LogP contribution is 2.22. The molecule has 0 aliphatic carbocycles. The quantitative estimate of drug-likeness (QED) is 0.744. The summed E-state index contributed by atoms with van der Waals surface area (Å²) in [6.45, 7) is 0. The van der Waals surface area contributed by atoms with Gasteiger partial charge < -0.3 is 10.6 Å². The van der Waals surface area contributed by atoms with Gasteiger partial charge in [-0.3, -0.25) is 4.79 Å². The van der Waals surface area contributed by atoms with Crippen molar-refractivity contribution in [1.82, 2.24) is 4.98 Å². The van der Waals surface area contributed by atoms with Gasteiger partial charge in [0.05, 0.1) is 0 Å². The van der Waals surface area contributed by atoms with E-state index < -0.39 is 23.2 Å². The van der Waals surface area contributed by atoms with Crippen LogP contribution in [0.5, 0.6) is 0 Å². The Morgan fingerprint density at radius 2 is 1.83 bits per heavy atom. The molecule has 0 saturated carbocycles. The average Bonchev–Trinajstić information content (AvgIpc) is 3.04. The van der Waals surface area contributed by atoms with E-state index in [0.717, 1.165) is 12.1 Å². The zero-order valence-corrected chi connectivity index (χ0v) is 12.5. The number of aromatic nitrogens is 1. The molecule has 0 fully saturated rings. The van der Waals surface area contributed by atoms with Gasteiger partial charge in [0.2, 0.25) is 0 Å². The Labute approximate surface area is 134 Å². The van der Waals surface area contributed by atoms with Crippen LogP contribution in [0.1, 0.15) is 10.4 Å². The summed E-state index contributed by atoms with van der Waals surface area (Å²) in [6, 6.07) is 9.97. The minimum atomic E-state index is -0.824. The molecule has 1 amide bonds. The minimum Gasteiger partial charge on any atom is -0.332 e. The molecule has 1 heterocycles. The van der Waals surface area contributed by atoms with E-state index >= 15 is 0 Å². The molecule has 0 radical (unpaired) electrons. The molecular weight excluding hydrogens is 320 g/mol. The molecule has 1 aromatic heterocycles. The number of hydrogen-bond acceptors (Lipinski definition) is 4. The number of halogens is 2. The molecule has 23 heavy (non-hydrogen) atoms. The van der Waals surface area contributed by atoms with E-state index in [4.69, 9.17) is 0 Å². The molecular formula is C16H11F2N3OS. The van der Waals surface area contributed by atoms with Gasteiger partial charge in [0.25, 0.3) is 5.91 Å². The molecule has 7 heteroatoms. The number of carbonyl (C=O) groups is 1. The smallest absolute Gasteiger partial charge is 0.255 e. The van der Waals surface area contributed by atoms with Crippen molar-refractivity contribution < 1.29 is 13.6 Å². The van der Waals surface area contributed by atoms with E-state index in [1.807, 2.05) is 5.38 Å². The minimum absolute atomic E-state index is 0.272. The number of hydrogen-bond donors (Lipinski definition) is 2. The zero-order chi connectivity index (χ0) is 16.2. The van der Waals surface area contributed by atoms with Crippen LogP contribution in [0, 0.1) is 11.6 Å². The summed E-state index contributed by atoms with van der Waals surface area (Å²) in [5.41, 5.74) is 0.464. The summed E-state index contributed by atoms with van der Waals surface area (Å²) in [7, 11) is 0. The summed E-state index contributed by atoms with van der Waals surface area (Å²) in [5.74, 6) is -2.25. The van der Waals surface area contributed by atoms with Crippen molar-refractivity contribution in [3.8, 4) is 0 Å². The summed E-state index contributed by atoms with van der Waals surface area (Å²) in [4.78, 5) is 16.3. The summed E-state index contributed by atoms with van der Waals surface area (Å²) in [5, 5.41) is 7.80.